The van der Waals surface area contributed by atoms with Crippen LogP contribution in [0.25, 0.3) is 0 Å². The van der Waals surface area contributed by atoms with Crippen molar-refractivity contribution in [1.29, 1.82) is 0 Å². The Labute approximate surface area is 144 Å². The van der Waals surface area contributed by atoms with Gasteiger partial charge < -0.3 is 15.4 Å². The molecule has 1 aliphatic carbocycles. The molecule has 0 fully saturated rings. The van der Waals surface area contributed by atoms with E-state index in [2.05, 4.69) is 39.9 Å². The van der Waals surface area contributed by atoms with Gasteiger partial charge in [0, 0.05) is 26.7 Å². The summed E-state index contributed by atoms with van der Waals surface area (Å²) >= 11 is 0. The Balaban J connectivity index is 0.00000220. The zero-order chi connectivity index (χ0) is 14.2. The summed E-state index contributed by atoms with van der Waals surface area (Å²) < 4.78 is 5.23. The molecule has 0 saturated carbocycles. The molecule has 1 aromatic rings. The van der Waals surface area contributed by atoms with E-state index in [-0.39, 0.29) is 24.0 Å². The number of guanidine groups is 1. The van der Waals surface area contributed by atoms with Gasteiger partial charge in [-0.1, -0.05) is 36.4 Å². The van der Waals surface area contributed by atoms with Crippen LogP contribution in [0.15, 0.2) is 41.4 Å². The van der Waals surface area contributed by atoms with Crippen LogP contribution in [-0.2, 0) is 17.9 Å². The van der Waals surface area contributed by atoms with E-state index in [0.717, 1.165) is 25.3 Å². The van der Waals surface area contributed by atoms with Gasteiger partial charge in [-0.25, -0.2) is 0 Å². The molecule has 21 heavy (non-hydrogen) atoms. The first-order valence-electron chi connectivity index (χ1n) is 7.01. The third-order valence-electron chi connectivity index (χ3n) is 3.44. The smallest absolute Gasteiger partial charge is 0.191 e. The molecule has 0 radical (unpaired) electrons. The first kappa shape index (κ1) is 18.0. The normalized spacial score (nSPS) is 14.9. The highest BCUT2D eigenvalue weighted by atomic mass is 127. The molecule has 0 heterocycles. The lowest BCUT2D eigenvalue weighted by atomic mass is 10.1. The SMILES string of the molecule is CN=C(NCc1ccccc1COC)NC1CC=CC1.I. The number of halogens is 1. The van der Waals surface area contributed by atoms with Gasteiger partial charge in [0.25, 0.3) is 0 Å². The molecule has 0 bridgehead atoms. The molecule has 0 saturated heterocycles. The minimum Gasteiger partial charge on any atom is -0.380 e. The van der Waals surface area contributed by atoms with Crippen molar-refractivity contribution in [2.45, 2.75) is 32.0 Å². The van der Waals surface area contributed by atoms with E-state index in [4.69, 9.17) is 4.74 Å². The third-order valence-corrected chi connectivity index (χ3v) is 3.44. The number of hydrogen-bond acceptors (Lipinski definition) is 2. The summed E-state index contributed by atoms with van der Waals surface area (Å²) in [5, 5.41) is 6.80. The molecular weight excluding hydrogens is 377 g/mol. The summed E-state index contributed by atoms with van der Waals surface area (Å²) in [6, 6.07) is 8.77. The maximum absolute atomic E-state index is 5.23. The van der Waals surface area contributed by atoms with Crippen molar-refractivity contribution >= 4 is 29.9 Å². The fourth-order valence-corrected chi connectivity index (χ4v) is 2.33. The van der Waals surface area contributed by atoms with Crippen molar-refractivity contribution in [2.24, 2.45) is 4.99 Å². The number of methoxy groups -OCH3 is 1. The third kappa shape index (κ3) is 5.67. The van der Waals surface area contributed by atoms with E-state index in [1.807, 2.05) is 12.1 Å². The van der Waals surface area contributed by atoms with E-state index in [0.29, 0.717) is 12.6 Å². The van der Waals surface area contributed by atoms with Gasteiger partial charge in [0.15, 0.2) is 5.96 Å². The minimum absolute atomic E-state index is 0. The van der Waals surface area contributed by atoms with Crippen LogP contribution >= 0.6 is 24.0 Å². The van der Waals surface area contributed by atoms with Crippen molar-refractivity contribution in [3.63, 3.8) is 0 Å². The number of ether oxygens (including phenoxy) is 1. The maximum Gasteiger partial charge on any atom is 0.191 e. The highest BCUT2D eigenvalue weighted by molar-refractivity contribution is 14.0. The summed E-state index contributed by atoms with van der Waals surface area (Å²) in [6.07, 6.45) is 6.56. The molecule has 0 amide bonds. The lowest BCUT2D eigenvalue weighted by molar-refractivity contribution is 0.184. The van der Waals surface area contributed by atoms with Crippen molar-refractivity contribution < 1.29 is 4.74 Å². The van der Waals surface area contributed by atoms with Gasteiger partial charge in [0.1, 0.15) is 0 Å². The molecule has 0 spiro atoms. The molecule has 0 aromatic heterocycles. The summed E-state index contributed by atoms with van der Waals surface area (Å²) in [6.45, 7) is 1.38. The van der Waals surface area contributed by atoms with Crippen molar-refractivity contribution in [3.8, 4) is 0 Å². The van der Waals surface area contributed by atoms with Gasteiger partial charge in [0.2, 0.25) is 0 Å². The molecule has 0 atom stereocenters. The van der Waals surface area contributed by atoms with Crippen LogP contribution in [0, 0.1) is 0 Å². The standard InChI is InChI=1S/C16H23N3O.HI/c1-17-16(19-15-9-5-6-10-15)18-11-13-7-3-4-8-14(13)12-20-2;/h3-8,15H,9-12H2,1-2H3,(H2,17,18,19);1H. The number of hydrogen-bond donors (Lipinski definition) is 2. The van der Waals surface area contributed by atoms with Crippen LogP contribution in [0.3, 0.4) is 0 Å². The molecule has 2 rings (SSSR count). The molecule has 116 valence electrons. The number of nitrogens with one attached hydrogen (secondary N) is 2. The molecular formula is C16H24IN3O. The monoisotopic (exact) mass is 401 g/mol. The second-order valence-electron chi connectivity index (χ2n) is 4.91. The Hall–Kier alpha value is -1.08. The van der Waals surface area contributed by atoms with Crippen molar-refractivity contribution in [1.82, 2.24) is 10.6 Å². The predicted octanol–water partition coefficient (Wildman–Crippen LogP) is 2.83. The van der Waals surface area contributed by atoms with Crippen LogP contribution in [0.5, 0.6) is 0 Å². The van der Waals surface area contributed by atoms with Crippen LogP contribution in [0.4, 0.5) is 0 Å². The molecule has 1 aliphatic rings. The number of nitrogens with zero attached hydrogens (tertiary/aromatic N) is 1. The average Bonchev–Trinajstić information content (AvgIpc) is 2.98. The molecule has 2 N–H and O–H groups in total. The molecule has 5 heteroatoms. The molecule has 0 aliphatic heterocycles. The summed E-state index contributed by atoms with van der Waals surface area (Å²) in [7, 11) is 3.52. The van der Waals surface area contributed by atoms with E-state index in [1.165, 1.54) is 11.1 Å². The molecule has 4 nitrogen and oxygen atoms in total. The fourth-order valence-electron chi connectivity index (χ4n) is 2.33. The topological polar surface area (TPSA) is 45.7 Å². The number of benzene rings is 1. The average molecular weight is 401 g/mol. The Morgan fingerprint density at radius 3 is 2.52 bits per heavy atom. The number of rotatable bonds is 5. The zero-order valence-corrected chi connectivity index (χ0v) is 15.0. The highest BCUT2D eigenvalue weighted by Gasteiger charge is 2.11. The second-order valence-corrected chi connectivity index (χ2v) is 4.91. The lowest BCUT2D eigenvalue weighted by Crippen LogP contribution is -2.42. The Bertz CT molecular complexity index is 480. The quantitative estimate of drug-likeness (QED) is 0.345. The Morgan fingerprint density at radius 2 is 1.90 bits per heavy atom. The largest absolute Gasteiger partial charge is 0.380 e. The van der Waals surface area contributed by atoms with E-state index < -0.39 is 0 Å². The Morgan fingerprint density at radius 1 is 1.24 bits per heavy atom. The van der Waals surface area contributed by atoms with Gasteiger partial charge in [-0.3, -0.25) is 4.99 Å². The minimum atomic E-state index is 0. The van der Waals surface area contributed by atoms with Crippen molar-refractivity contribution in [2.75, 3.05) is 14.2 Å². The van der Waals surface area contributed by atoms with Gasteiger partial charge in [0.05, 0.1) is 6.61 Å². The first-order chi connectivity index (χ1) is 9.83. The van der Waals surface area contributed by atoms with Crippen molar-refractivity contribution in [3.05, 3.63) is 47.5 Å². The van der Waals surface area contributed by atoms with E-state index >= 15 is 0 Å². The summed E-state index contributed by atoms with van der Waals surface area (Å²) in [5.41, 5.74) is 2.45. The number of aliphatic imine (C=N–C) groups is 1. The second kappa shape index (κ2) is 9.78. The van der Waals surface area contributed by atoms with Gasteiger partial charge in [-0.15, -0.1) is 24.0 Å². The fraction of sp³-hybridized carbons (Fsp3) is 0.438. The summed E-state index contributed by atoms with van der Waals surface area (Å²) in [4.78, 5) is 4.28. The maximum atomic E-state index is 5.23. The first-order valence-corrected chi connectivity index (χ1v) is 7.01. The van der Waals surface area contributed by atoms with Crippen LogP contribution < -0.4 is 10.6 Å². The van der Waals surface area contributed by atoms with E-state index in [9.17, 15) is 0 Å². The van der Waals surface area contributed by atoms with Crippen LogP contribution in [0.2, 0.25) is 0 Å². The zero-order valence-electron chi connectivity index (χ0n) is 12.6. The van der Waals surface area contributed by atoms with E-state index in [1.54, 1.807) is 14.2 Å². The highest BCUT2D eigenvalue weighted by Crippen LogP contribution is 2.10. The molecule has 1 aromatic carbocycles. The lowest BCUT2D eigenvalue weighted by Gasteiger charge is -2.17. The van der Waals surface area contributed by atoms with Crippen LogP contribution in [0.1, 0.15) is 24.0 Å². The van der Waals surface area contributed by atoms with Gasteiger partial charge in [-0.05, 0) is 24.0 Å². The van der Waals surface area contributed by atoms with Crippen LogP contribution in [-0.4, -0.2) is 26.2 Å². The van der Waals surface area contributed by atoms with Gasteiger partial charge >= 0.3 is 0 Å². The summed E-state index contributed by atoms with van der Waals surface area (Å²) in [5.74, 6) is 0.853. The Kier molecular flexibility index (Phi) is 8.37. The van der Waals surface area contributed by atoms with Gasteiger partial charge in [-0.2, -0.15) is 0 Å². The molecule has 0 unspecified atom stereocenters. The predicted molar refractivity (Wildman–Crippen MR) is 98.1 cm³/mol.